The number of rotatable bonds is 5. The SMILES string of the molecule is CC(C)(C)c1ccccc1OCC(=O)NCc1ccc(F)cc1. The molecule has 0 atom stereocenters. The molecule has 0 heterocycles. The molecule has 1 amide bonds. The van der Waals surface area contributed by atoms with E-state index in [1.165, 1.54) is 12.1 Å². The lowest BCUT2D eigenvalue weighted by Crippen LogP contribution is -2.29. The standard InChI is InChI=1S/C19H22FNO2/c1-19(2,3)16-6-4-5-7-17(16)23-13-18(22)21-12-14-8-10-15(20)11-9-14/h4-11H,12-13H2,1-3H3,(H,21,22). The molecule has 4 heteroatoms. The van der Waals surface area contributed by atoms with Crippen LogP contribution in [-0.2, 0) is 16.8 Å². The molecule has 0 saturated heterocycles. The monoisotopic (exact) mass is 315 g/mol. The lowest BCUT2D eigenvalue weighted by molar-refractivity contribution is -0.123. The van der Waals surface area contributed by atoms with Crippen molar-refractivity contribution in [3.63, 3.8) is 0 Å². The number of carbonyl (C=O) groups excluding carboxylic acids is 1. The summed E-state index contributed by atoms with van der Waals surface area (Å²) in [7, 11) is 0. The van der Waals surface area contributed by atoms with Gasteiger partial charge in [-0.15, -0.1) is 0 Å². The van der Waals surface area contributed by atoms with Gasteiger partial charge in [-0.3, -0.25) is 4.79 Å². The Balaban J connectivity index is 1.89. The van der Waals surface area contributed by atoms with Gasteiger partial charge in [-0.2, -0.15) is 0 Å². The van der Waals surface area contributed by atoms with E-state index >= 15 is 0 Å². The fourth-order valence-corrected chi connectivity index (χ4v) is 2.21. The second-order valence-corrected chi connectivity index (χ2v) is 6.44. The summed E-state index contributed by atoms with van der Waals surface area (Å²) >= 11 is 0. The number of carbonyl (C=O) groups is 1. The van der Waals surface area contributed by atoms with Crippen LogP contribution >= 0.6 is 0 Å². The van der Waals surface area contributed by atoms with Gasteiger partial charge in [-0.05, 0) is 34.7 Å². The topological polar surface area (TPSA) is 38.3 Å². The van der Waals surface area contributed by atoms with Gasteiger partial charge < -0.3 is 10.1 Å². The molecule has 2 rings (SSSR count). The molecule has 0 fully saturated rings. The lowest BCUT2D eigenvalue weighted by atomic mass is 9.86. The minimum atomic E-state index is -0.290. The molecule has 0 aliphatic rings. The van der Waals surface area contributed by atoms with Crippen LogP contribution in [0.5, 0.6) is 5.75 Å². The molecule has 23 heavy (non-hydrogen) atoms. The van der Waals surface area contributed by atoms with E-state index < -0.39 is 0 Å². The van der Waals surface area contributed by atoms with Crippen molar-refractivity contribution in [3.05, 3.63) is 65.5 Å². The largest absolute Gasteiger partial charge is 0.483 e. The second kappa shape index (κ2) is 7.27. The first kappa shape index (κ1) is 17.0. The van der Waals surface area contributed by atoms with Crippen LogP contribution < -0.4 is 10.1 Å². The van der Waals surface area contributed by atoms with Gasteiger partial charge in [0.1, 0.15) is 11.6 Å². The highest BCUT2D eigenvalue weighted by molar-refractivity contribution is 5.77. The van der Waals surface area contributed by atoms with Gasteiger partial charge in [0.25, 0.3) is 5.91 Å². The molecular weight excluding hydrogens is 293 g/mol. The molecular formula is C19H22FNO2. The number of ether oxygens (including phenoxy) is 1. The lowest BCUT2D eigenvalue weighted by Gasteiger charge is -2.22. The Hall–Kier alpha value is -2.36. The Bertz CT molecular complexity index is 660. The smallest absolute Gasteiger partial charge is 0.258 e. The molecule has 0 aliphatic heterocycles. The van der Waals surface area contributed by atoms with Crippen LogP contribution in [0.2, 0.25) is 0 Å². The first-order chi connectivity index (χ1) is 10.9. The van der Waals surface area contributed by atoms with Crippen LogP contribution in [-0.4, -0.2) is 12.5 Å². The molecule has 3 nitrogen and oxygen atoms in total. The molecule has 1 N–H and O–H groups in total. The van der Waals surface area contributed by atoms with Crippen molar-refractivity contribution in [1.82, 2.24) is 5.32 Å². The van der Waals surface area contributed by atoms with Gasteiger partial charge in [0.15, 0.2) is 6.61 Å². The van der Waals surface area contributed by atoms with Crippen molar-refractivity contribution in [2.24, 2.45) is 0 Å². The third kappa shape index (κ3) is 5.09. The quantitative estimate of drug-likeness (QED) is 0.911. The predicted octanol–water partition coefficient (Wildman–Crippen LogP) is 3.82. The normalized spacial score (nSPS) is 11.1. The predicted molar refractivity (Wildman–Crippen MR) is 88.9 cm³/mol. The summed E-state index contributed by atoms with van der Waals surface area (Å²) in [5, 5.41) is 2.76. The van der Waals surface area contributed by atoms with Crippen LogP contribution in [0.3, 0.4) is 0 Å². The Kier molecular flexibility index (Phi) is 5.37. The van der Waals surface area contributed by atoms with Gasteiger partial charge in [-0.1, -0.05) is 51.1 Å². The molecule has 0 spiro atoms. The van der Waals surface area contributed by atoms with Gasteiger partial charge in [0, 0.05) is 6.54 Å². The maximum atomic E-state index is 12.8. The zero-order valence-electron chi connectivity index (χ0n) is 13.7. The zero-order valence-corrected chi connectivity index (χ0v) is 13.7. The number of amides is 1. The van der Waals surface area contributed by atoms with E-state index in [-0.39, 0.29) is 23.7 Å². The molecule has 122 valence electrons. The van der Waals surface area contributed by atoms with Crippen molar-refractivity contribution in [2.45, 2.75) is 32.7 Å². The average Bonchev–Trinajstić information content (AvgIpc) is 2.52. The number of benzene rings is 2. The molecule has 0 bridgehead atoms. The maximum absolute atomic E-state index is 12.8. The van der Waals surface area contributed by atoms with Crippen molar-refractivity contribution in [3.8, 4) is 5.75 Å². The number of para-hydroxylation sites is 1. The third-order valence-corrected chi connectivity index (χ3v) is 3.46. The number of nitrogens with one attached hydrogen (secondary N) is 1. The first-order valence-electron chi connectivity index (χ1n) is 7.60. The highest BCUT2D eigenvalue weighted by atomic mass is 19.1. The van der Waals surface area contributed by atoms with E-state index in [1.807, 2.05) is 24.3 Å². The minimum Gasteiger partial charge on any atom is -0.483 e. The van der Waals surface area contributed by atoms with Crippen LogP contribution in [0, 0.1) is 5.82 Å². The van der Waals surface area contributed by atoms with Gasteiger partial charge in [0.05, 0.1) is 0 Å². The third-order valence-electron chi connectivity index (χ3n) is 3.46. The number of halogens is 1. The molecule has 0 aliphatic carbocycles. The Morgan fingerprint density at radius 2 is 1.74 bits per heavy atom. The van der Waals surface area contributed by atoms with E-state index in [9.17, 15) is 9.18 Å². The highest BCUT2D eigenvalue weighted by Gasteiger charge is 2.18. The fraction of sp³-hybridized carbons (Fsp3) is 0.316. The Morgan fingerprint density at radius 1 is 1.09 bits per heavy atom. The summed E-state index contributed by atoms with van der Waals surface area (Å²) < 4.78 is 18.5. The van der Waals surface area contributed by atoms with E-state index in [1.54, 1.807) is 12.1 Å². The molecule has 2 aromatic carbocycles. The fourth-order valence-electron chi connectivity index (χ4n) is 2.21. The van der Waals surface area contributed by atoms with Crippen LogP contribution in [0.1, 0.15) is 31.9 Å². The average molecular weight is 315 g/mol. The number of hydrogen-bond donors (Lipinski definition) is 1. The Labute approximate surface area is 136 Å². The summed E-state index contributed by atoms with van der Waals surface area (Å²) in [6.45, 7) is 6.61. The van der Waals surface area contributed by atoms with Crippen molar-refractivity contribution in [1.29, 1.82) is 0 Å². The summed E-state index contributed by atoms with van der Waals surface area (Å²) in [6, 6.07) is 13.8. The minimum absolute atomic E-state index is 0.0473. The van der Waals surface area contributed by atoms with Crippen LogP contribution in [0.4, 0.5) is 4.39 Å². The van der Waals surface area contributed by atoms with Gasteiger partial charge in [-0.25, -0.2) is 4.39 Å². The maximum Gasteiger partial charge on any atom is 0.258 e. The van der Waals surface area contributed by atoms with Crippen molar-refractivity contribution < 1.29 is 13.9 Å². The van der Waals surface area contributed by atoms with E-state index in [2.05, 4.69) is 26.1 Å². The zero-order chi connectivity index (χ0) is 16.9. The second-order valence-electron chi connectivity index (χ2n) is 6.44. The number of hydrogen-bond acceptors (Lipinski definition) is 2. The molecule has 0 saturated carbocycles. The molecule has 0 radical (unpaired) electrons. The van der Waals surface area contributed by atoms with Gasteiger partial charge >= 0.3 is 0 Å². The van der Waals surface area contributed by atoms with Crippen LogP contribution in [0.15, 0.2) is 48.5 Å². The summed E-state index contributed by atoms with van der Waals surface area (Å²) in [5.74, 6) is 0.220. The van der Waals surface area contributed by atoms with Crippen molar-refractivity contribution in [2.75, 3.05) is 6.61 Å². The van der Waals surface area contributed by atoms with E-state index in [0.717, 1.165) is 16.9 Å². The highest BCUT2D eigenvalue weighted by Crippen LogP contribution is 2.30. The van der Waals surface area contributed by atoms with E-state index in [0.29, 0.717) is 6.54 Å². The van der Waals surface area contributed by atoms with Crippen molar-refractivity contribution >= 4 is 5.91 Å². The summed E-state index contributed by atoms with van der Waals surface area (Å²) in [4.78, 5) is 11.9. The van der Waals surface area contributed by atoms with Gasteiger partial charge in [0.2, 0.25) is 0 Å². The molecule has 0 aromatic heterocycles. The molecule has 0 unspecified atom stereocenters. The van der Waals surface area contributed by atoms with Crippen LogP contribution in [0.25, 0.3) is 0 Å². The first-order valence-corrected chi connectivity index (χ1v) is 7.60. The summed E-state index contributed by atoms with van der Waals surface area (Å²) in [6.07, 6.45) is 0. The summed E-state index contributed by atoms with van der Waals surface area (Å²) in [5.41, 5.74) is 1.85. The van der Waals surface area contributed by atoms with E-state index in [4.69, 9.17) is 4.74 Å². The molecule has 2 aromatic rings. The Morgan fingerprint density at radius 3 is 2.39 bits per heavy atom.